The van der Waals surface area contributed by atoms with Crippen molar-refractivity contribution in [3.05, 3.63) is 65.2 Å². The van der Waals surface area contributed by atoms with Crippen LogP contribution in [0.15, 0.2) is 42.7 Å². The molecule has 0 bridgehead atoms. The third-order valence-electron chi connectivity index (χ3n) is 3.69. The Balaban J connectivity index is 1.75. The van der Waals surface area contributed by atoms with Gasteiger partial charge in [-0.2, -0.15) is 0 Å². The molecular formula is C17H16FN3O2. The monoisotopic (exact) mass is 313 g/mol. The Labute approximate surface area is 133 Å². The number of aromatic nitrogens is 1. The van der Waals surface area contributed by atoms with Gasteiger partial charge in [-0.05, 0) is 35.7 Å². The fourth-order valence-electron chi connectivity index (χ4n) is 2.53. The second kappa shape index (κ2) is 6.56. The summed E-state index contributed by atoms with van der Waals surface area (Å²) in [4.78, 5) is 29.5. The van der Waals surface area contributed by atoms with Crippen molar-refractivity contribution in [3.8, 4) is 0 Å². The number of hydrogen-bond acceptors (Lipinski definition) is 3. The van der Waals surface area contributed by atoms with Crippen LogP contribution in [0.1, 0.15) is 21.5 Å². The fourth-order valence-corrected chi connectivity index (χ4v) is 2.53. The van der Waals surface area contributed by atoms with E-state index in [2.05, 4.69) is 10.3 Å². The first-order valence-corrected chi connectivity index (χ1v) is 7.36. The minimum atomic E-state index is -0.279. The molecule has 0 unspecified atom stereocenters. The van der Waals surface area contributed by atoms with Crippen LogP contribution in [0.25, 0.3) is 0 Å². The zero-order valence-corrected chi connectivity index (χ0v) is 12.5. The summed E-state index contributed by atoms with van der Waals surface area (Å²) < 4.78 is 12.9. The predicted octanol–water partition coefficient (Wildman–Crippen LogP) is 1.38. The van der Waals surface area contributed by atoms with E-state index in [0.717, 1.165) is 11.1 Å². The van der Waals surface area contributed by atoms with Crippen molar-refractivity contribution in [2.24, 2.45) is 0 Å². The van der Waals surface area contributed by atoms with Gasteiger partial charge in [-0.25, -0.2) is 4.39 Å². The van der Waals surface area contributed by atoms with Gasteiger partial charge in [-0.3, -0.25) is 14.6 Å². The summed E-state index contributed by atoms with van der Waals surface area (Å²) in [5, 5.41) is 2.69. The van der Waals surface area contributed by atoms with Crippen LogP contribution in [0, 0.1) is 5.82 Å². The van der Waals surface area contributed by atoms with E-state index in [9.17, 15) is 14.0 Å². The van der Waals surface area contributed by atoms with Crippen molar-refractivity contribution in [2.45, 2.75) is 6.42 Å². The highest BCUT2D eigenvalue weighted by Crippen LogP contribution is 2.13. The number of piperazine rings is 1. The molecule has 2 heterocycles. The summed E-state index contributed by atoms with van der Waals surface area (Å²) in [5.74, 6) is -0.632. The molecule has 23 heavy (non-hydrogen) atoms. The highest BCUT2D eigenvalue weighted by atomic mass is 19.1. The number of nitrogens with one attached hydrogen (secondary N) is 1. The molecule has 0 atom stereocenters. The van der Waals surface area contributed by atoms with Crippen molar-refractivity contribution in [2.75, 3.05) is 19.6 Å². The normalized spacial score (nSPS) is 14.5. The minimum Gasteiger partial charge on any atom is -0.353 e. The zero-order chi connectivity index (χ0) is 16.2. The van der Waals surface area contributed by atoms with Crippen molar-refractivity contribution in [3.63, 3.8) is 0 Å². The molecule has 1 N–H and O–H groups in total. The van der Waals surface area contributed by atoms with Crippen LogP contribution in [0.2, 0.25) is 0 Å². The van der Waals surface area contributed by atoms with E-state index in [-0.39, 0.29) is 24.2 Å². The number of rotatable bonds is 3. The molecule has 5 nitrogen and oxygen atoms in total. The molecule has 1 aromatic carbocycles. The number of hydrogen-bond donors (Lipinski definition) is 1. The number of halogens is 1. The molecule has 0 spiro atoms. The maximum atomic E-state index is 12.9. The first-order valence-electron chi connectivity index (χ1n) is 7.36. The van der Waals surface area contributed by atoms with Gasteiger partial charge in [0, 0.05) is 25.5 Å². The Kier molecular flexibility index (Phi) is 4.32. The van der Waals surface area contributed by atoms with Gasteiger partial charge in [0.25, 0.3) is 5.91 Å². The summed E-state index contributed by atoms with van der Waals surface area (Å²) >= 11 is 0. The van der Waals surface area contributed by atoms with Gasteiger partial charge < -0.3 is 10.2 Å². The number of carbonyl (C=O) groups is 2. The molecule has 0 saturated carbocycles. The minimum absolute atomic E-state index is 0.0705. The zero-order valence-electron chi connectivity index (χ0n) is 12.5. The Hall–Kier alpha value is -2.76. The predicted molar refractivity (Wildman–Crippen MR) is 82.4 cm³/mol. The average molecular weight is 313 g/mol. The Morgan fingerprint density at radius 1 is 1.22 bits per heavy atom. The molecule has 0 radical (unpaired) electrons. The first-order chi connectivity index (χ1) is 11.1. The van der Waals surface area contributed by atoms with E-state index < -0.39 is 0 Å². The maximum Gasteiger partial charge on any atom is 0.255 e. The quantitative estimate of drug-likeness (QED) is 0.931. The Morgan fingerprint density at radius 3 is 2.74 bits per heavy atom. The average Bonchev–Trinajstić information content (AvgIpc) is 2.56. The van der Waals surface area contributed by atoms with E-state index >= 15 is 0 Å². The van der Waals surface area contributed by atoms with E-state index in [1.807, 2.05) is 0 Å². The third-order valence-corrected chi connectivity index (χ3v) is 3.69. The molecule has 1 saturated heterocycles. The molecule has 0 aliphatic carbocycles. The second-order valence-electron chi connectivity index (χ2n) is 5.46. The summed E-state index contributed by atoms with van der Waals surface area (Å²) in [6.45, 7) is 1.03. The van der Waals surface area contributed by atoms with E-state index in [1.54, 1.807) is 24.4 Å². The molecular weight excluding hydrogens is 297 g/mol. The van der Waals surface area contributed by atoms with Gasteiger partial charge in [-0.15, -0.1) is 0 Å². The number of amides is 2. The van der Waals surface area contributed by atoms with Gasteiger partial charge in [0.15, 0.2) is 0 Å². The van der Waals surface area contributed by atoms with Gasteiger partial charge in [-0.1, -0.05) is 12.1 Å². The van der Waals surface area contributed by atoms with Crippen LogP contribution in [-0.2, 0) is 11.2 Å². The molecule has 118 valence electrons. The lowest BCUT2D eigenvalue weighted by atomic mass is 10.0. The topological polar surface area (TPSA) is 62.3 Å². The summed E-state index contributed by atoms with van der Waals surface area (Å²) in [5.41, 5.74) is 2.26. The second-order valence-corrected chi connectivity index (χ2v) is 5.46. The number of carbonyl (C=O) groups excluding carboxylic acids is 2. The maximum absolute atomic E-state index is 12.9. The Bertz CT molecular complexity index is 731. The van der Waals surface area contributed by atoms with Crippen LogP contribution in [-0.4, -0.2) is 41.3 Å². The SMILES string of the molecule is O=C1CN(C(=O)c2cncc(Cc3ccc(F)cc3)c2)CCN1. The molecule has 1 fully saturated rings. The summed E-state index contributed by atoms with van der Waals surface area (Å²) in [6, 6.07) is 8.00. The third kappa shape index (κ3) is 3.71. The smallest absolute Gasteiger partial charge is 0.255 e. The van der Waals surface area contributed by atoms with E-state index in [4.69, 9.17) is 0 Å². The van der Waals surface area contributed by atoms with E-state index in [0.29, 0.717) is 25.1 Å². The molecule has 3 rings (SSSR count). The van der Waals surface area contributed by atoms with Crippen molar-refractivity contribution >= 4 is 11.8 Å². The lowest BCUT2D eigenvalue weighted by Crippen LogP contribution is -2.50. The van der Waals surface area contributed by atoms with Gasteiger partial charge in [0.05, 0.1) is 12.1 Å². The number of pyridine rings is 1. The standard InChI is InChI=1S/C17H16FN3O2/c18-15-3-1-12(2-4-15)7-13-8-14(10-19-9-13)17(23)21-6-5-20-16(22)11-21/h1-4,8-10H,5-7,11H2,(H,20,22). The largest absolute Gasteiger partial charge is 0.353 e. The van der Waals surface area contributed by atoms with Gasteiger partial charge in [0.2, 0.25) is 5.91 Å². The van der Waals surface area contributed by atoms with Crippen molar-refractivity contribution in [1.82, 2.24) is 15.2 Å². The molecule has 6 heteroatoms. The highest BCUT2D eigenvalue weighted by molar-refractivity contribution is 5.96. The van der Waals surface area contributed by atoms with E-state index in [1.165, 1.54) is 23.2 Å². The molecule has 1 aliphatic heterocycles. The summed E-state index contributed by atoms with van der Waals surface area (Å²) in [7, 11) is 0. The van der Waals surface area contributed by atoms with Crippen LogP contribution in [0.4, 0.5) is 4.39 Å². The van der Waals surface area contributed by atoms with Crippen molar-refractivity contribution in [1.29, 1.82) is 0 Å². The van der Waals surface area contributed by atoms with Crippen LogP contribution in [0.5, 0.6) is 0 Å². The lowest BCUT2D eigenvalue weighted by Gasteiger charge is -2.26. The molecule has 1 aromatic heterocycles. The van der Waals surface area contributed by atoms with Crippen LogP contribution >= 0.6 is 0 Å². The van der Waals surface area contributed by atoms with Crippen LogP contribution in [0.3, 0.4) is 0 Å². The first kappa shape index (κ1) is 15.1. The van der Waals surface area contributed by atoms with Gasteiger partial charge >= 0.3 is 0 Å². The van der Waals surface area contributed by atoms with Gasteiger partial charge in [0.1, 0.15) is 5.82 Å². The number of nitrogens with zero attached hydrogens (tertiary/aromatic N) is 2. The Morgan fingerprint density at radius 2 is 2.00 bits per heavy atom. The molecule has 1 aliphatic rings. The molecule has 2 aromatic rings. The highest BCUT2D eigenvalue weighted by Gasteiger charge is 2.22. The van der Waals surface area contributed by atoms with Crippen LogP contribution < -0.4 is 5.32 Å². The lowest BCUT2D eigenvalue weighted by molar-refractivity contribution is -0.123. The summed E-state index contributed by atoms with van der Waals surface area (Å²) in [6.07, 6.45) is 3.75. The number of benzene rings is 1. The van der Waals surface area contributed by atoms with Crippen molar-refractivity contribution < 1.29 is 14.0 Å². The molecule has 2 amide bonds. The fraction of sp³-hybridized carbons (Fsp3) is 0.235.